The minimum absolute atomic E-state index is 0.254. The number of aryl methyl sites for hydroxylation is 1. The Balaban J connectivity index is 2.67. The van der Waals surface area contributed by atoms with E-state index in [4.69, 9.17) is 17.5 Å². The van der Waals surface area contributed by atoms with Crippen LogP contribution in [-0.4, -0.2) is 10.4 Å². The lowest BCUT2D eigenvalue weighted by Crippen LogP contribution is -2.09. The van der Waals surface area contributed by atoms with E-state index in [1.807, 2.05) is 17.6 Å². The maximum Gasteiger partial charge on any atom is 0.138 e. The van der Waals surface area contributed by atoms with Gasteiger partial charge in [-0.3, -0.25) is 4.79 Å². The predicted octanol–water partition coefficient (Wildman–Crippen LogP) is 2.30. The van der Waals surface area contributed by atoms with Crippen LogP contribution in [0.4, 0.5) is 0 Å². The Morgan fingerprint density at radius 2 is 2.31 bits per heavy atom. The first-order chi connectivity index (χ1) is 7.63. The second kappa shape index (κ2) is 4.18. The summed E-state index contributed by atoms with van der Waals surface area (Å²) in [6.07, 6.45) is 1.86. The first kappa shape index (κ1) is 11.0. The van der Waals surface area contributed by atoms with Crippen LogP contribution < -0.4 is 0 Å². The monoisotopic (exact) mass is 232 g/mol. The lowest BCUT2D eigenvalue weighted by Gasteiger charge is -2.12. The number of hydrogen-bond donors (Lipinski definition) is 0. The summed E-state index contributed by atoms with van der Waals surface area (Å²) in [4.78, 5) is 11.5. The quantitative estimate of drug-likeness (QED) is 0.645. The SMILES string of the molecule is Cc1cc2n(c(=S)c1C#N)CCCC(=O)C2. The predicted molar refractivity (Wildman–Crippen MR) is 62.7 cm³/mol. The van der Waals surface area contributed by atoms with E-state index in [0.717, 1.165) is 24.2 Å². The van der Waals surface area contributed by atoms with E-state index in [9.17, 15) is 4.79 Å². The van der Waals surface area contributed by atoms with Crippen LogP contribution in [0.2, 0.25) is 0 Å². The molecule has 3 nitrogen and oxygen atoms in total. The topological polar surface area (TPSA) is 45.8 Å². The van der Waals surface area contributed by atoms with Gasteiger partial charge in [0.05, 0.1) is 5.56 Å². The number of fused-ring (bicyclic) bond motifs is 1. The van der Waals surface area contributed by atoms with Crippen molar-refractivity contribution in [3.63, 3.8) is 0 Å². The van der Waals surface area contributed by atoms with E-state index >= 15 is 0 Å². The van der Waals surface area contributed by atoms with Crippen molar-refractivity contribution in [3.8, 4) is 6.07 Å². The van der Waals surface area contributed by atoms with E-state index in [1.165, 1.54) is 0 Å². The molecule has 0 atom stereocenters. The summed E-state index contributed by atoms with van der Waals surface area (Å²) in [7, 11) is 0. The normalized spacial score (nSPS) is 15.1. The zero-order valence-electron chi connectivity index (χ0n) is 9.12. The lowest BCUT2D eigenvalue weighted by molar-refractivity contribution is -0.118. The van der Waals surface area contributed by atoms with Gasteiger partial charge >= 0.3 is 0 Å². The van der Waals surface area contributed by atoms with Gasteiger partial charge in [-0.25, -0.2) is 0 Å². The fourth-order valence-electron chi connectivity index (χ4n) is 2.09. The van der Waals surface area contributed by atoms with Crippen LogP contribution in [0.25, 0.3) is 0 Å². The number of pyridine rings is 1. The fourth-order valence-corrected chi connectivity index (χ4v) is 2.50. The van der Waals surface area contributed by atoms with Crippen LogP contribution in [0.5, 0.6) is 0 Å². The summed E-state index contributed by atoms with van der Waals surface area (Å²) in [6, 6.07) is 4.05. The summed E-state index contributed by atoms with van der Waals surface area (Å²) in [6.45, 7) is 2.61. The highest BCUT2D eigenvalue weighted by Gasteiger charge is 2.16. The van der Waals surface area contributed by atoms with Crippen LogP contribution in [0, 0.1) is 22.9 Å². The van der Waals surface area contributed by atoms with Gasteiger partial charge in [0, 0.05) is 25.1 Å². The van der Waals surface area contributed by atoms with Crippen molar-refractivity contribution in [1.82, 2.24) is 4.57 Å². The first-order valence-electron chi connectivity index (χ1n) is 5.28. The molecule has 0 unspecified atom stereocenters. The minimum Gasteiger partial charge on any atom is -0.335 e. The van der Waals surface area contributed by atoms with Crippen molar-refractivity contribution in [3.05, 3.63) is 27.5 Å². The third kappa shape index (κ3) is 1.79. The Kier molecular flexibility index (Phi) is 2.88. The maximum absolute atomic E-state index is 11.5. The molecule has 0 radical (unpaired) electrons. The molecule has 0 saturated heterocycles. The third-order valence-corrected chi connectivity index (χ3v) is 3.34. The number of hydrogen-bond acceptors (Lipinski definition) is 3. The van der Waals surface area contributed by atoms with Crippen LogP contribution in [-0.2, 0) is 17.8 Å². The molecule has 0 amide bonds. The number of nitriles is 1. The van der Waals surface area contributed by atoms with Crippen LogP contribution in [0.1, 0.15) is 29.7 Å². The van der Waals surface area contributed by atoms with Crippen LogP contribution in [0.15, 0.2) is 6.07 Å². The van der Waals surface area contributed by atoms with Crippen molar-refractivity contribution in [2.24, 2.45) is 0 Å². The number of carbonyl (C=O) groups excluding carboxylic acids is 1. The summed E-state index contributed by atoms with van der Waals surface area (Å²) in [5.41, 5.74) is 2.38. The van der Waals surface area contributed by atoms with Crippen LogP contribution in [0.3, 0.4) is 0 Å². The van der Waals surface area contributed by atoms with Gasteiger partial charge in [0.1, 0.15) is 16.5 Å². The molecule has 4 heteroatoms. The van der Waals surface area contributed by atoms with Crippen molar-refractivity contribution in [2.45, 2.75) is 32.7 Å². The Hall–Kier alpha value is -1.47. The third-order valence-electron chi connectivity index (χ3n) is 2.91. The molecule has 0 spiro atoms. The molecule has 0 bridgehead atoms. The van der Waals surface area contributed by atoms with Crippen molar-refractivity contribution < 1.29 is 4.79 Å². The van der Waals surface area contributed by atoms with Gasteiger partial charge in [0.15, 0.2) is 0 Å². The molecule has 0 N–H and O–H groups in total. The molecule has 0 aromatic carbocycles. The summed E-state index contributed by atoms with van der Waals surface area (Å²) < 4.78 is 2.51. The zero-order chi connectivity index (χ0) is 11.7. The second-order valence-corrected chi connectivity index (χ2v) is 4.47. The molecule has 16 heavy (non-hydrogen) atoms. The molecular formula is C12H12N2OS. The zero-order valence-corrected chi connectivity index (χ0v) is 9.93. The largest absolute Gasteiger partial charge is 0.335 e. The minimum atomic E-state index is 0.254. The Morgan fingerprint density at radius 3 is 3.00 bits per heavy atom. The van der Waals surface area contributed by atoms with Crippen LogP contribution >= 0.6 is 12.2 Å². The molecule has 82 valence electrons. The highest BCUT2D eigenvalue weighted by Crippen LogP contribution is 2.18. The number of ketones is 1. The smallest absolute Gasteiger partial charge is 0.138 e. The van der Waals surface area contributed by atoms with Gasteiger partial charge in [-0.1, -0.05) is 12.2 Å². The average Bonchev–Trinajstić information content (AvgIpc) is 2.40. The van der Waals surface area contributed by atoms with E-state index < -0.39 is 0 Å². The number of rotatable bonds is 0. The van der Waals surface area contributed by atoms with E-state index in [0.29, 0.717) is 23.0 Å². The van der Waals surface area contributed by atoms with E-state index in [1.54, 1.807) is 0 Å². The molecule has 0 fully saturated rings. The number of aromatic nitrogens is 1. The maximum atomic E-state index is 11.5. The molecule has 1 aromatic rings. The van der Waals surface area contributed by atoms with Gasteiger partial charge in [-0.05, 0) is 25.0 Å². The molecule has 2 heterocycles. The van der Waals surface area contributed by atoms with Gasteiger partial charge in [-0.2, -0.15) is 5.26 Å². The molecule has 0 saturated carbocycles. The molecule has 2 rings (SSSR count). The number of carbonyl (C=O) groups is 1. The van der Waals surface area contributed by atoms with Crippen molar-refractivity contribution >= 4 is 18.0 Å². The van der Waals surface area contributed by atoms with E-state index in [-0.39, 0.29) is 5.78 Å². The summed E-state index contributed by atoms with van der Waals surface area (Å²) in [5, 5.41) is 9.03. The molecule has 1 aliphatic rings. The van der Waals surface area contributed by atoms with Gasteiger partial charge < -0.3 is 4.57 Å². The Bertz CT molecular complexity index is 551. The highest BCUT2D eigenvalue weighted by atomic mass is 32.1. The Labute approximate surface area is 99.3 Å². The molecule has 1 aromatic heterocycles. The van der Waals surface area contributed by atoms with Crippen molar-refractivity contribution in [1.29, 1.82) is 5.26 Å². The number of Topliss-reactive ketones (excluding diaryl/α,β-unsaturated/α-hetero) is 1. The summed E-state index contributed by atoms with van der Waals surface area (Å²) in [5.74, 6) is 0.254. The van der Waals surface area contributed by atoms with Crippen molar-refractivity contribution in [2.75, 3.05) is 0 Å². The molecular weight excluding hydrogens is 220 g/mol. The summed E-state index contributed by atoms with van der Waals surface area (Å²) >= 11 is 5.29. The van der Waals surface area contributed by atoms with Gasteiger partial charge in [-0.15, -0.1) is 0 Å². The average molecular weight is 232 g/mol. The fraction of sp³-hybridized carbons (Fsp3) is 0.417. The Morgan fingerprint density at radius 1 is 1.56 bits per heavy atom. The number of nitrogens with zero attached hydrogens (tertiary/aromatic N) is 2. The molecule has 1 aliphatic heterocycles. The molecule has 0 aliphatic carbocycles. The van der Waals surface area contributed by atoms with Gasteiger partial charge in [0.2, 0.25) is 0 Å². The second-order valence-electron chi connectivity index (χ2n) is 4.08. The van der Waals surface area contributed by atoms with Gasteiger partial charge in [0.25, 0.3) is 0 Å². The highest BCUT2D eigenvalue weighted by molar-refractivity contribution is 7.71. The standard InChI is InChI=1S/C12H12N2OS/c1-8-5-9-6-10(15)3-2-4-14(9)12(16)11(8)7-13/h5H,2-4,6H2,1H3. The van der Waals surface area contributed by atoms with E-state index in [2.05, 4.69) is 6.07 Å². The first-order valence-corrected chi connectivity index (χ1v) is 5.69. The lowest BCUT2D eigenvalue weighted by atomic mass is 10.1.